The highest BCUT2D eigenvalue weighted by Crippen LogP contribution is 2.35. The van der Waals surface area contributed by atoms with Gasteiger partial charge < -0.3 is 39.4 Å². The molecule has 0 bridgehead atoms. The number of hydrazone groups is 1. The lowest BCUT2D eigenvalue weighted by atomic mass is 9.95. The second kappa shape index (κ2) is 14.4. The fourth-order valence-electron chi connectivity index (χ4n) is 3.85. The second-order valence-electron chi connectivity index (χ2n) is 8.42. The van der Waals surface area contributed by atoms with Crippen LogP contribution in [-0.4, -0.2) is 63.6 Å². The van der Waals surface area contributed by atoms with Crippen LogP contribution in [0.15, 0.2) is 65.4 Å². The summed E-state index contributed by atoms with van der Waals surface area (Å²) in [5.41, 5.74) is 4.57. The van der Waals surface area contributed by atoms with Gasteiger partial charge in [-0.2, -0.15) is 5.10 Å². The minimum absolute atomic E-state index is 0.148. The number of methoxy groups -OCH3 is 2. The molecule has 2 aromatic rings. The van der Waals surface area contributed by atoms with Crippen molar-refractivity contribution in [2.45, 2.75) is 26.1 Å². The van der Waals surface area contributed by atoms with Gasteiger partial charge in [0, 0.05) is 5.70 Å². The van der Waals surface area contributed by atoms with Crippen molar-refractivity contribution < 1.29 is 38.4 Å². The zero-order valence-electron chi connectivity index (χ0n) is 22.9. The number of esters is 1. The van der Waals surface area contributed by atoms with Crippen molar-refractivity contribution in [3.05, 3.63) is 71.5 Å². The maximum Gasteiger partial charge on any atom is 0.337 e. The van der Waals surface area contributed by atoms with Crippen molar-refractivity contribution in [3.8, 4) is 23.0 Å². The summed E-state index contributed by atoms with van der Waals surface area (Å²) >= 11 is 0. The van der Waals surface area contributed by atoms with Crippen molar-refractivity contribution in [2.24, 2.45) is 5.10 Å². The molecule has 4 N–H and O–H groups in total. The number of carbonyl (C=O) groups is 2. The first-order valence-electron chi connectivity index (χ1n) is 12.5. The number of allylic oxidation sites excluding steroid dienone is 1. The molecule has 0 aromatic heterocycles. The first kappa shape index (κ1) is 29.8. The van der Waals surface area contributed by atoms with Gasteiger partial charge in [-0.1, -0.05) is 18.7 Å². The van der Waals surface area contributed by atoms with Crippen LogP contribution < -0.4 is 35.0 Å². The summed E-state index contributed by atoms with van der Waals surface area (Å²) in [6.45, 7) is 7.60. The van der Waals surface area contributed by atoms with Crippen LogP contribution in [0.25, 0.3) is 0 Å². The van der Waals surface area contributed by atoms with Gasteiger partial charge in [0.1, 0.15) is 13.2 Å². The number of aliphatic hydroxyl groups is 1. The first-order chi connectivity index (χ1) is 19.3. The molecular weight excluding hydrogens is 520 g/mol. The van der Waals surface area contributed by atoms with E-state index in [-0.39, 0.29) is 12.2 Å². The molecule has 0 unspecified atom stereocenters. The number of ether oxygens (including phenoxy) is 5. The SMILES string of the molecule is C=CCOc1ccc(/C=N\N[C@H](O)COc2ccc([C@H]3NC(=O)NC(C)=C3C(=O)OC)cc2OCC)cc1OC. The number of nitrogens with one attached hydrogen (secondary N) is 3. The molecule has 12 nitrogen and oxygen atoms in total. The Morgan fingerprint density at radius 3 is 2.58 bits per heavy atom. The van der Waals surface area contributed by atoms with Crippen molar-refractivity contribution in [2.75, 3.05) is 34.0 Å². The van der Waals surface area contributed by atoms with Crippen molar-refractivity contribution in [3.63, 3.8) is 0 Å². The third-order valence-electron chi connectivity index (χ3n) is 5.65. The molecule has 2 atom stereocenters. The van der Waals surface area contributed by atoms with Crippen LogP contribution in [0.1, 0.15) is 31.0 Å². The Labute approximate surface area is 232 Å². The Morgan fingerprint density at radius 1 is 1.12 bits per heavy atom. The quantitative estimate of drug-likeness (QED) is 0.0909. The van der Waals surface area contributed by atoms with Gasteiger partial charge in [-0.05, 0) is 55.3 Å². The lowest BCUT2D eigenvalue weighted by molar-refractivity contribution is -0.136. The van der Waals surface area contributed by atoms with Gasteiger partial charge in [0.2, 0.25) is 0 Å². The highest BCUT2D eigenvalue weighted by molar-refractivity contribution is 5.95. The summed E-state index contributed by atoms with van der Waals surface area (Å²) in [5, 5.41) is 19.7. The molecule has 2 amide bonds. The van der Waals surface area contributed by atoms with Crippen molar-refractivity contribution in [1.82, 2.24) is 16.1 Å². The summed E-state index contributed by atoms with van der Waals surface area (Å²) in [6, 6.07) is 9.08. The van der Waals surface area contributed by atoms with E-state index >= 15 is 0 Å². The van der Waals surface area contributed by atoms with Gasteiger partial charge >= 0.3 is 12.0 Å². The van der Waals surface area contributed by atoms with E-state index in [0.717, 1.165) is 5.56 Å². The normalized spacial score (nSPS) is 15.5. The molecule has 0 fully saturated rings. The van der Waals surface area contributed by atoms with E-state index in [9.17, 15) is 14.7 Å². The molecule has 1 aliphatic heterocycles. The van der Waals surface area contributed by atoms with E-state index in [0.29, 0.717) is 47.5 Å². The van der Waals surface area contributed by atoms with Crippen LogP contribution in [-0.2, 0) is 9.53 Å². The summed E-state index contributed by atoms with van der Waals surface area (Å²) in [6.07, 6.45) is 2.02. The Bertz CT molecular complexity index is 1280. The fourth-order valence-corrected chi connectivity index (χ4v) is 3.85. The molecule has 3 rings (SSSR count). The molecule has 0 aliphatic carbocycles. The maximum atomic E-state index is 12.4. The van der Waals surface area contributed by atoms with Gasteiger partial charge in [0.15, 0.2) is 29.2 Å². The average Bonchev–Trinajstić information content (AvgIpc) is 2.95. The molecule has 40 heavy (non-hydrogen) atoms. The van der Waals surface area contributed by atoms with E-state index in [1.807, 2.05) is 6.92 Å². The van der Waals surface area contributed by atoms with Crippen LogP contribution in [0.5, 0.6) is 23.0 Å². The first-order valence-corrected chi connectivity index (χ1v) is 12.5. The van der Waals surface area contributed by atoms with Crippen molar-refractivity contribution >= 4 is 18.2 Å². The Kier molecular flexibility index (Phi) is 10.8. The number of benzene rings is 2. The molecule has 214 valence electrons. The zero-order chi connectivity index (χ0) is 29.1. The summed E-state index contributed by atoms with van der Waals surface area (Å²) in [5.74, 6) is 1.27. The van der Waals surface area contributed by atoms with Gasteiger partial charge in [-0.15, -0.1) is 0 Å². The number of hydrogen-bond donors (Lipinski definition) is 4. The van der Waals surface area contributed by atoms with E-state index in [1.54, 1.807) is 49.4 Å². The highest BCUT2D eigenvalue weighted by atomic mass is 16.5. The standard InChI is InChI=1S/C28H34N4O8/c1-6-12-39-20-10-8-18(13-22(20)36-4)15-29-32-24(33)16-40-21-11-9-19(14-23(21)38-7-2)26-25(27(34)37-5)17(3)30-28(35)31-26/h6,8-11,13-15,24,26,32-33H,1,7,12,16H2,2-5H3,(H2,30,31,35)/b29-15-/t24-,26-/m1/s1. The molecule has 1 heterocycles. The van der Waals surface area contributed by atoms with Crippen molar-refractivity contribution in [1.29, 1.82) is 0 Å². The molecule has 0 saturated heterocycles. The molecule has 12 heteroatoms. The van der Waals surface area contributed by atoms with Crippen LogP contribution in [0.2, 0.25) is 0 Å². The minimum Gasteiger partial charge on any atom is -0.493 e. The smallest absolute Gasteiger partial charge is 0.337 e. The summed E-state index contributed by atoms with van der Waals surface area (Å²) in [7, 11) is 2.81. The Balaban J connectivity index is 1.67. The van der Waals surface area contributed by atoms with E-state index in [1.165, 1.54) is 20.4 Å². The van der Waals surface area contributed by atoms with E-state index in [2.05, 4.69) is 27.7 Å². The highest BCUT2D eigenvalue weighted by Gasteiger charge is 2.32. The topological polar surface area (TPSA) is 149 Å². The molecular formula is C28H34N4O8. The second-order valence-corrected chi connectivity index (χ2v) is 8.42. The molecule has 2 aromatic carbocycles. The largest absolute Gasteiger partial charge is 0.493 e. The number of amides is 2. The monoisotopic (exact) mass is 554 g/mol. The zero-order valence-corrected chi connectivity index (χ0v) is 22.9. The van der Waals surface area contributed by atoms with Crippen LogP contribution in [0, 0.1) is 0 Å². The number of aliphatic hydroxyl groups excluding tert-OH is 1. The predicted octanol–water partition coefficient (Wildman–Crippen LogP) is 2.78. The molecule has 1 aliphatic rings. The van der Waals surface area contributed by atoms with Crippen LogP contribution in [0.3, 0.4) is 0 Å². The summed E-state index contributed by atoms with van der Waals surface area (Å²) < 4.78 is 27.3. The van der Waals surface area contributed by atoms with Gasteiger partial charge in [0.25, 0.3) is 0 Å². The molecule has 0 spiro atoms. The van der Waals surface area contributed by atoms with Gasteiger partial charge in [-0.25, -0.2) is 9.59 Å². The van der Waals surface area contributed by atoms with E-state index in [4.69, 9.17) is 23.7 Å². The lowest BCUT2D eigenvalue weighted by Crippen LogP contribution is -2.45. The third kappa shape index (κ3) is 7.67. The van der Waals surface area contributed by atoms with Crippen LogP contribution in [0.4, 0.5) is 4.79 Å². The molecule has 0 saturated carbocycles. The predicted molar refractivity (Wildman–Crippen MR) is 148 cm³/mol. The number of urea groups is 1. The molecule has 0 radical (unpaired) electrons. The minimum atomic E-state index is -1.14. The lowest BCUT2D eigenvalue weighted by Gasteiger charge is -2.28. The number of rotatable bonds is 14. The number of carbonyl (C=O) groups excluding carboxylic acids is 2. The fraction of sp³-hybridized carbons (Fsp3) is 0.321. The van der Waals surface area contributed by atoms with Gasteiger partial charge in [0.05, 0.1) is 38.7 Å². The maximum absolute atomic E-state index is 12.4. The average molecular weight is 555 g/mol. The number of hydrogen-bond acceptors (Lipinski definition) is 10. The number of nitrogens with zero attached hydrogens (tertiary/aromatic N) is 1. The van der Waals surface area contributed by atoms with E-state index < -0.39 is 24.3 Å². The Hall–Kier alpha value is -4.71. The van der Waals surface area contributed by atoms with Gasteiger partial charge in [-0.3, -0.25) is 5.43 Å². The van der Waals surface area contributed by atoms with Crippen LogP contribution >= 0.6 is 0 Å². The summed E-state index contributed by atoms with van der Waals surface area (Å²) in [4.78, 5) is 24.5. The third-order valence-corrected chi connectivity index (χ3v) is 5.65. The Morgan fingerprint density at radius 2 is 1.88 bits per heavy atom.